The molecule has 0 fully saturated rings. The molecule has 3 nitrogen and oxygen atoms in total. The third-order valence-corrected chi connectivity index (χ3v) is 11.9. The van der Waals surface area contributed by atoms with Crippen LogP contribution in [0.1, 0.15) is 0 Å². The average Bonchev–Trinajstić information content (AvgIpc) is 4.01. The minimum Gasteiger partial charge on any atom is -0.456 e. The molecule has 0 atom stereocenters. The van der Waals surface area contributed by atoms with Crippen LogP contribution in [0.5, 0.6) is 0 Å². The smallest absolute Gasteiger partial charge is 0.135 e. The molecule has 8 aromatic carbocycles. The second kappa shape index (κ2) is 13.3. The van der Waals surface area contributed by atoms with E-state index in [2.05, 4.69) is 181 Å². The van der Waals surface area contributed by atoms with Crippen LogP contribution in [0.4, 0.5) is 17.1 Å². The SMILES string of the molecule is c1ccc(-c2ccc(-c3ccc(N(c4ccc(-c5ccc6oc7ccccc7c6c5)cc4)c4ccc(-c5ccc6oc7ccccc7c6c5)cc4)cc3)s2)cc1. The Morgan fingerprint density at radius 1 is 0.286 bits per heavy atom. The van der Waals surface area contributed by atoms with Gasteiger partial charge in [-0.1, -0.05) is 115 Å². The summed E-state index contributed by atoms with van der Waals surface area (Å²) in [6, 6.07) is 71.1. The Balaban J connectivity index is 0.956. The molecule has 3 heterocycles. The van der Waals surface area contributed by atoms with Crippen molar-refractivity contribution in [3.63, 3.8) is 0 Å². The van der Waals surface area contributed by atoms with Crippen molar-refractivity contribution in [2.75, 3.05) is 4.90 Å². The van der Waals surface area contributed by atoms with E-state index in [1.54, 1.807) is 0 Å². The summed E-state index contributed by atoms with van der Waals surface area (Å²) in [6.45, 7) is 0. The lowest BCUT2D eigenvalue weighted by atomic mass is 10.0. The predicted octanol–water partition coefficient (Wildman–Crippen LogP) is 15.7. The third-order valence-electron chi connectivity index (χ3n) is 10.7. The van der Waals surface area contributed by atoms with Crippen LogP contribution in [0.15, 0.2) is 209 Å². The third kappa shape index (κ3) is 5.67. The molecule has 0 saturated carbocycles. The van der Waals surface area contributed by atoms with Crippen LogP contribution in [0.3, 0.4) is 0 Å². The van der Waals surface area contributed by atoms with E-state index in [1.165, 1.54) is 20.9 Å². The van der Waals surface area contributed by atoms with Gasteiger partial charge in [-0.2, -0.15) is 0 Å². The first-order valence-electron chi connectivity index (χ1n) is 18.8. The van der Waals surface area contributed by atoms with Gasteiger partial charge >= 0.3 is 0 Å². The van der Waals surface area contributed by atoms with Crippen LogP contribution in [-0.4, -0.2) is 0 Å². The van der Waals surface area contributed by atoms with Gasteiger partial charge in [-0.3, -0.25) is 0 Å². The topological polar surface area (TPSA) is 29.5 Å². The van der Waals surface area contributed by atoms with E-state index in [-0.39, 0.29) is 0 Å². The van der Waals surface area contributed by atoms with Gasteiger partial charge in [-0.25, -0.2) is 0 Å². The largest absolute Gasteiger partial charge is 0.456 e. The van der Waals surface area contributed by atoms with Crippen LogP contribution >= 0.6 is 11.3 Å². The van der Waals surface area contributed by atoms with E-state index in [9.17, 15) is 0 Å². The van der Waals surface area contributed by atoms with Crippen LogP contribution < -0.4 is 4.90 Å². The van der Waals surface area contributed by atoms with Crippen LogP contribution in [0.25, 0.3) is 87.0 Å². The molecule has 0 saturated heterocycles. The molecular weight excluding hydrogens is 703 g/mol. The molecule has 0 N–H and O–H groups in total. The maximum absolute atomic E-state index is 6.11. The molecule has 11 aromatic rings. The molecule has 4 heteroatoms. The monoisotopic (exact) mass is 735 g/mol. The van der Waals surface area contributed by atoms with Crippen molar-refractivity contribution in [2.45, 2.75) is 0 Å². The van der Waals surface area contributed by atoms with Gasteiger partial charge in [-0.15, -0.1) is 11.3 Å². The van der Waals surface area contributed by atoms with Gasteiger partial charge in [0.1, 0.15) is 22.3 Å². The van der Waals surface area contributed by atoms with Crippen molar-refractivity contribution in [1.82, 2.24) is 0 Å². The molecule has 0 aliphatic heterocycles. The molecule has 3 aromatic heterocycles. The minimum atomic E-state index is 0.904. The Morgan fingerprint density at radius 3 is 1.14 bits per heavy atom. The Kier molecular flexibility index (Phi) is 7.68. The Labute approximate surface area is 327 Å². The molecule has 0 unspecified atom stereocenters. The number of fused-ring (bicyclic) bond motifs is 6. The molecule has 0 radical (unpaired) electrons. The molecule has 0 aliphatic rings. The van der Waals surface area contributed by atoms with E-state index >= 15 is 0 Å². The first-order valence-corrected chi connectivity index (χ1v) is 19.6. The highest BCUT2D eigenvalue weighted by Crippen LogP contribution is 2.41. The molecule has 0 aliphatic carbocycles. The zero-order valence-corrected chi connectivity index (χ0v) is 31.0. The molecule has 0 spiro atoms. The first-order chi connectivity index (χ1) is 27.7. The predicted molar refractivity (Wildman–Crippen MR) is 235 cm³/mol. The summed E-state index contributed by atoms with van der Waals surface area (Å²) in [5, 5.41) is 4.53. The summed E-state index contributed by atoms with van der Waals surface area (Å²) >= 11 is 1.82. The number of anilines is 3. The standard InChI is InChI=1S/C52H33NO2S/c1-2-8-36(9-3-1)51-30-31-52(56-51)37-18-26-42(27-19-37)53(40-22-14-34(15-23-40)38-20-28-49-45(32-38)43-10-4-6-12-47(43)54-49)41-24-16-35(17-25-41)39-21-29-50-46(33-39)44-11-5-7-13-48(44)55-50/h1-33H. The zero-order chi connectivity index (χ0) is 37.0. The van der Waals surface area contributed by atoms with Crippen molar-refractivity contribution in [3.05, 3.63) is 200 Å². The summed E-state index contributed by atoms with van der Waals surface area (Å²) in [4.78, 5) is 4.85. The zero-order valence-electron chi connectivity index (χ0n) is 30.2. The number of thiophene rings is 1. The fourth-order valence-corrected chi connectivity index (χ4v) is 8.91. The molecular formula is C52H33NO2S. The molecule has 11 rings (SSSR count). The average molecular weight is 736 g/mol. The van der Waals surface area contributed by atoms with Crippen molar-refractivity contribution < 1.29 is 8.83 Å². The van der Waals surface area contributed by atoms with E-state index in [1.807, 2.05) is 35.6 Å². The number of hydrogen-bond acceptors (Lipinski definition) is 4. The van der Waals surface area contributed by atoms with Crippen LogP contribution in [0.2, 0.25) is 0 Å². The van der Waals surface area contributed by atoms with Gasteiger partial charge in [0.2, 0.25) is 0 Å². The maximum Gasteiger partial charge on any atom is 0.135 e. The summed E-state index contributed by atoms with van der Waals surface area (Å²) in [7, 11) is 0. The van der Waals surface area contributed by atoms with E-state index < -0.39 is 0 Å². The van der Waals surface area contributed by atoms with Gasteiger partial charge in [0.05, 0.1) is 0 Å². The quantitative estimate of drug-likeness (QED) is 0.163. The number of benzene rings is 8. The Morgan fingerprint density at radius 2 is 0.661 bits per heavy atom. The number of furan rings is 2. The highest BCUT2D eigenvalue weighted by atomic mass is 32.1. The second-order valence-corrected chi connectivity index (χ2v) is 15.2. The fourth-order valence-electron chi connectivity index (χ4n) is 7.89. The van der Waals surface area contributed by atoms with E-state index in [0.29, 0.717) is 0 Å². The van der Waals surface area contributed by atoms with Crippen molar-refractivity contribution in [1.29, 1.82) is 0 Å². The van der Waals surface area contributed by atoms with Gasteiger partial charge in [0.15, 0.2) is 0 Å². The normalized spacial score (nSPS) is 11.6. The second-order valence-electron chi connectivity index (χ2n) is 14.1. The van der Waals surface area contributed by atoms with Gasteiger partial charge in [-0.05, 0) is 118 Å². The summed E-state index contributed by atoms with van der Waals surface area (Å²) < 4.78 is 12.2. The van der Waals surface area contributed by atoms with Crippen LogP contribution in [-0.2, 0) is 0 Å². The molecule has 56 heavy (non-hydrogen) atoms. The summed E-state index contributed by atoms with van der Waals surface area (Å²) in [5.41, 5.74) is 14.0. The van der Waals surface area contributed by atoms with Crippen molar-refractivity contribution in [2.24, 2.45) is 0 Å². The van der Waals surface area contributed by atoms with Gasteiger partial charge in [0, 0.05) is 48.4 Å². The van der Waals surface area contributed by atoms with E-state index in [4.69, 9.17) is 8.83 Å². The molecule has 0 amide bonds. The van der Waals surface area contributed by atoms with Crippen molar-refractivity contribution >= 4 is 72.3 Å². The number of para-hydroxylation sites is 2. The summed E-state index contributed by atoms with van der Waals surface area (Å²) in [5.74, 6) is 0. The lowest BCUT2D eigenvalue weighted by Gasteiger charge is -2.26. The minimum absolute atomic E-state index is 0.904. The highest BCUT2D eigenvalue weighted by Gasteiger charge is 2.16. The maximum atomic E-state index is 6.11. The van der Waals surface area contributed by atoms with E-state index in [0.717, 1.165) is 83.2 Å². The highest BCUT2D eigenvalue weighted by molar-refractivity contribution is 7.18. The van der Waals surface area contributed by atoms with Gasteiger partial charge in [0.25, 0.3) is 0 Å². The summed E-state index contributed by atoms with van der Waals surface area (Å²) in [6.07, 6.45) is 0. The lowest BCUT2D eigenvalue weighted by Crippen LogP contribution is -2.09. The Bertz CT molecular complexity index is 3010. The number of hydrogen-bond donors (Lipinski definition) is 0. The van der Waals surface area contributed by atoms with Crippen LogP contribution in [0, 0.1) is 0 Å². The lowest BCUT2D eigenvalue weighted by molar-refractivity contribution is 0.668. The molecule has 264 valence electrons. The van der Waals surface area contributed by atoms with Crippen molar-refractivity contribution in [3.8, 4) is 43.1 Å². The van der Waals surface area contributed by atoms with Gasteiger partial charge < -0.3 is 13.7 Å². The first kappa shape index (κ1) is 32.3. The fraction of sp³-hybridized carbons (Fsp3) is 0. The molecule has 0 bridgehead atoms. The number of nitrogens with zero attached hydrogens (tertiary/aromatic N) is 1. The Hall–Kier alpha value is -7.14. The number of rotatable bonds is 7.